The van der Waals surface area contributed by atoms with Crippen LogP contribution in [0.4, 0.5) is 0 Å². The van der Waals surface area contributed by atoms with E-state index in [1.54, 1.807) is 11.3 Å². The summed E-state index contributed by atoms with van der Waals surface area (Å²) in [5.74, 6) is 0.295. The molecule has 0 spiro atoms. The minimum atomic E-state index is 0.123. The molecule has 2 rings (SSSR count). The van der Waals surface area contributed by atoms with Crippen molar-refractivity contribution in [3.63, 3.8) is 0 Å². The van der Waals surface area contributed by atoms with Gasteiger partial charge in [-0.2, -0.15) is 0 Å². The van der Waals surface area contributed by atoms with Crippen LogP contribution in [0.2, 0.25) is 0 Å². The van der Waals surface area contributed by atoms with Gasteiger partial charge in [0.15, 0.2) is 0 Å². The van der Waals surface area contributed by atoms with Gasteiger partial charge in [0.25, 0.3) is 0 Å². The number of nitrogens with two attached hydrogens (primary N) is 1. The van der Waals surface area contributed by atoms with Crippen LogP contribution >= 0.6 is 11.3 Å². The fourth-order valence-corrected chi connectivity index (χ4v) is 3.36. The SMILES string of the molecule is Cc1nc(CC(=O)CC2(CN)CCC2)sc1C. The number of rotatable bonds is 5. The quantitative estimate of drug-likeness (QED) is 0.875. The average Bonchev–Trinajstić information content (AvgIpc) is 2.52. The van der Waals surface area contributed by atoms with Gasteiger partial charge in [-0.3, -0.25) is 4.79 Å². The molecule has 94 valence electrons. The second kappa shape index (κ2) is 4.86. The molecule has 0 radical (unpaired) electrons. The molecular weight excluding hydrogens is 232 g/mol. The van der Waals surface area contributed by atoms with E-state index in [1.165, 1.54) is 11.3 Å². The predicted octanol–water partition coefficient (Wildman–Crippen LogP) is 2.39. The summed E-state index contributed by atoms with van der Waals surface area (Å²) in [7, 11) is 0. The molecule has 17 heavy (non-hydrogen) atoms. The third-order valence-corrected chi connectivity index (χ3v) is 4.91. The van der Waals surface area contributed by atoms with Crippen molar-refractivity contribution in [1.82, 2.24) is 4.98 Å². The number of thiazole rings is 1. The van der Waals surface area contributed by atoms with Gasteiger partial charge in [0.1, 0.15) is 10.8 Å². The molecule has 0 bridgehead atoms. The first-order valence-electron chi connectivity index (χ1n) is 6.19. The lowest BCUT2D eigenvalue weighted by molar-refractivity contribution is -0.122. The van der Waals surface area contributed by atoms with Gasteiger partial charge in [0.2, 0.25) is 0 Å². The fraction of sp³-hybridized carbons (Fsp3) is 0.692. The van der Waals surface area contributed by atoms with Crippen molar-refractivity contribution in [1.29, 1.82) is 0 Å². The topological polar surface area (TPSA) is 56.0 Å². The van der Waals surface area contributed by atoms with Crippen LogP contribution in [0.3, 0.4) is 0 Å². The highest BCUT2D eigenvalue weighted by Gasteiger charge is 2.37. The van der Waals surface area contributed by atoms with Crippen LogP contribution in [0, 0.1) is 19.3 Å². The lowest BCUT2D eigenvalue weighted by atomic mass is 9.66. The van der Waals surface area contributed by atoms with E-state index in [1.807, 2.05) is 13.8 Å². The molecule has 1 aromatic rings. The average molecular weight is 252 g/mol. The normalized spacial score (nSPS) is 17.8. The molecule has 0 aromatic carbocycles. The maximum absolute atomic E-state index is 12.0. The van der Waals surface area contributed by atoms with Crippen molar-refractivity contribution in [3.05, 3.63) is 15.6 Å². The summed E-state index contributed by atoms with van der Waals surface area (Å²) in [4.78, 5) is 17.6. The number of carbonyl (C=O) groups is 1. The highest BCUT2D eigenvalue weighted by molar-refractivity contribution is 7.11. The van der Waals surface area contributed by atoms with Crippen molar-refractivity contribution >= 4 is 17.1 Å². The predicted molar refractivity (Wildman–Crippen MR) is 70.3 cm³/mol. The van der Waals surface area contributed by atoms with E-state index < -0.39 is 0 Å². The molecule has 1 aliphatic rings. The van der Waals surface area contributed by atoms with E-state index in [2.05, 4.69) is 4.98 Å². The molecule has 0 unspecified atom stereocenters. The number of carbonyl (C=O) groups excluding carboxylic acids is 1. The van der Waals surface area contributed by atoms with E-state index in [0.717, 1.165) is 23.5 Å². The van der Waals surface area contributed by atoms with E-state index >= 15 is 0 Å². The lowest BCUT2D eigenvalue weighted by Gasteiger charge is -2.40. The Kier molecular flexibility index (Phi) is 3.64. The minimum Gasteiger partial charge on any atom is -0.330 e. The van der Waals surface area contributed by atoms with Crippen LogP contribution < -0.4 is 5.73 Å². The van der Waals surface area contributed by atoms with Crippen molar-refractivity contribution in [3.8, 4) is 0 Å². The molecule has 1 saturated carbocycles. The highest BCUT2D eigenvalue weighted by Crippen LogP contribution is 2.43. The molecule has 3 nitrogen and oxygen atoms in total. The Labute approximate surface area is 106 Å². The number of aromatic nitrogens is 1. The Morgan fingerprint density at radius 1 is 1.47 bits per heavy atom. The highest BCUT2D eigenvalue weighted by atomic mass is 32.1. The second-order valence-corrected chi connectivity index (χ2v) is 6.49. The van der Waals surface area contributed by atoms with Gasteiger partial charge in [0, 0.05) is 11.3 Å². The standard InChI is InChI=1S/C13H20N2OS/c1-9-10(2)17-12(15-9)6-11(16)7-13(8-14)4-3-5-13/h3-8,14H2,1-2H3. The summed E-state index contributed by atoms with van der Waals surface area (Å²) in [5, 5.41) is 0.955. The Balaban J connectivity index is 1.93. The molecule has 1 aromatic heterocycles. The van der Waals surface area contributed by atoms with Crippen LogP contribution in [0.1, 0.15) is 41.3 Å². The van der Waals surface area contributed by atoms with Gasteiger partial charge in [-0.15, -0.1) is 11.3 Å². The molecule has 1 heterocycles. The monoisotopic (exact) mass is 252 g/mol. The van der Waals surface area contributed by atoms with Crippen molar-refractivity contribution in [2.45, 2.75) is 46.0 Å². The molecule has 0 saturated heterocycles. The van der Waals surface area contributed by atoms with Gasteiger partial charge in [-0.1, -0.05) is 6.42 Å². The Bertz CT molecular complexity index is 396. The Morgan fingerprint density at radius 2 is 2.18 bits per heavy atom. The summed E-state index contributed by atoms with van der Waals surface area (Å²) >= 11 is 1.64. The molecule has 0 atom stereocenters. The van der Waals surface area contributed by atoms with Crippen molar-refractivity contribution < 1.29 is 4.79 Å². The Hall–Kier alpha value is -0.740. The van der Waals surface area contributed by atoms with E-state index in [-0.39, 0.29) is 5.41 Å². The number of ketones is 1. The summed E-state index contributed by atoms with van der Waals surface area (Å²) in [6.45, 7) is 4.69. The van der Waals surface area contributed by atoms with Gasteiger partial charge < -0.3 is 5.73 Å². The maximum atomic E-state index is 12.0. The van der Waals surface area contributed by atoms with Crippen LogP contribution in [-0.4, -0.2) is 17.3 Å². The molecule has 0 amide bonds. The van der Waals surface area contributed by atoms with Gasteiger partial charge in [-0.25, -0.2) is 4.98 Å². The first kappa shape index (κ1) is 12.7. The maximum Gasteiger partial charge on any atom is 0.140 e. The second-order valence-electron chi connectivity index (χ2n) is 5.20. The third kappa shape index (κ3) is 2.75. The third-order valence-electron chi connectivity index (χ3n) is 3.84. The van der Waals surface area contributed by atoms with Crippen LogP contribution in [0.5, 0.6) is 0 Å². The van der Waals surface area contributed by atoms with Gasteiger partial charge >= 0.3 is 0 Å². The largest absolute Gasteiger partial charge is 0.330 e. The molecule has 4 heteroatoms. The van der Waals surface area contributed by atoms with Crippen LogP contribution in [-0.2, 0) is 11.2 Å². The number of Topliss-reactive ketones (excluding diaryl/α,β-unsaturated/α-hetero) is 1. The smallest absolute Gasteiger partial charge is 0.140 e. The first-order chi connectivity index (χ1) is 8.04. The van der Waals surface area contributed by atoms with E-state index in [0.29, 0.717) is 25.2 Å². The van der Waals surface area contributed by atoms with E-state index in [9.17, 15) is 4.79 Å². The number of nitrogens with zero attached hydrogens (tertiary/aromatic N) is 1. The van der Waals surface area contributed by atoms with Crippen molar-refractivity contribution in [2.75, 3.05) is 6.54 Å². The number of hydrogen-bond acceptors (Lipinski definition) is 4. The molecule has 2 N–H and O–H groups in total. The zero-order valence-corrected chi connectivity index (χ0v) is 11.4. The summed E-state index contributed by atoms with van der Waals surface area (Å²) in [6, 6.07) is 0. The minimum absolute atomic E-state index is 0.123. The van der Waals surface area contributed by atoms with Crippen LogP contribution in [0.15, 0.2) is 0 Å². The first-order valence-corrected chi connectivity index (χ1v) is 7.01. The zero-order chi connectivity index (χ0) is 12.5. The van der Waals surface area contributed by atoms with E-state index in [4.69, 9.17) is 5.73 Å². The zero-order valence-electron chi connectivity index (χ0n) is 10.6. The fourth-order valence-electron chi connectivity index (χ4n) is 2.39. The number of hydrogen-bond donors (Lipinski definition) is 1. The lowest BCUT2D eigenvalue weighted by Crippen LogP contribution is -2.39. The van der Waals surface area contributed by atoms with Crippen molar-refractivity contribution in [2.24, 2.45) is 11.1 Å². The molecule has 1 fully saturated rings. The van der Waals surface area contributed by atoms with Gasteiger partial charge in [0.05, 0.1) is 12.1 Å². The number of aryl methyl sites for hydroxylation is 2. The summed E-state index contributed by atoms with van der Waals surface area (Å²) < 4.78 is 0. The molecule has 0 aliphatic heterocycles. The molecule has 1 aliphatic carbocycles. The summed E-state index contributed by atoms with van der Waals surface area (Å²) in [6.07, 6.45) is 4.58. The molecular formula is C13H20N2OS. The van der Waals surface area contributed by atoms with Gasteiger partial charge in [-0.05, 0) is 38.6 Å². The Morgan fingerprint density at radius 3 is 2.59 bits per heavy atom. The van der Waals surface area contributed by atoms with Crippen LogP contribution in [0.25, 0.3) is 0 Å². The summed E-state index contributed by atoms with van der Waals surface area (Å²) in [5.41, 5.74) is 6.95.